The summed E-state index contributed by atoms with van der Waals surface area (Å²) in [5.74, 6) is 1.19. The number of hydrogen-bond donors (Lipinski definition) is 1. The molecule has 5 heteroatoms. The molecule has 140 valence electrons. The Bertz CT molecular complexity index is 491. The fraction of sp³-hybridized carbons (Fsp3) is 0.900. The summed E-state index contributed by atoms with van der Waals surface area (Å²) >= 11 is 0. The second-order valence-electron chi connectivity index (χ2n) is 8.65. The van der Waals surface area contributed by atoms with Crippen LogP contribution in [0.5, 0.6) is 0 Å². The molecule has 0 radical (unpaired) electrons. The molecule has 2 aliphatic carbocycles. The lowest BCUT2D eigenvalue weighted by Crippen LogP contribution is -2.52. The number of nitrogens with one attached hydrogen (secondary N) is 1. The molecule has 4 aliphatic rings. The van der Waals surface area contributed by atoms with Gasteiger partial charge in [0.2, 0.25) is 11.8 Å². The highest BCUT2D eigenvalue weighted by Gasteiger charge is 2.37. The van der Waals surface area contributed by atoms with E-state index >= 15 is 0 Å². The Kier molecular flexibility index (Phi) is 5.30. The summed E-state index contributed by atoms with van der Waals surface area (Å²) in [5, 5.41) is 3.29. The van der Waals surface area contributed by atoms with Crippen molar-refractivity contribution in [3.05, 3.63) is 0 Å². The van der Waals surface area contributed by atoms with Gasteiger partial charge in [-0.1, -0.05) is 12.8 Å². The van der Waals surface area contributed by atoms with E-state index in [4.69, 9.17) is 0 Å². The fourth-order valence-corrected chi connectivity index (χ4v) is 4.98. The van der Waals surface area contributed by atoms with Crippen molar-refractivity contribution in [2.24, 2.45) is 11.8 Å². The van der Waals surface area contributed by atoms with Gasteiger partial charge in [-0.15, -0.1) is 0 Å². The Labute approximate surface area is 151 Å². The van der Waals surface area contributed by atoms with Crippen molar-refractivity contribution >= 4 is 11.8 Å². The Hall–Kier alpha value is -1.10. The monoisotopic (exact) mass is 347 g/mol. The van der Waals surface area contributed by atoms with E-state index in [1.807, 2.05) is 0 Å². The third kappa shape index (κ3) is 4.18. The van der Waals surface area contributed by atoms with E-state index in [1.165, 1.54) is 12.8 Å². The first-order valence-corrected chi connectivity index (χ1v) is 10.5. The van der Waals surface area contributed by atoms with Crippen LogP contribution in [0.4, 0.5) is 0 Å². The van der Waals surface area contributed by atoms with Crippen LogP contribution in [0.25, 0.3) is 0 Å². The van der Waals surface area contributed by atoms with Crippen LogP contribution >= 0.6 is 0 Å². The molecule has 1 N–H and O–H groups in total. The molecule has 2 saturated heterocycles. The maximum atomic E-state index is 12.6. The molecular formula is C20H33N3O2. The van der Waals surface area contributed by atoms with Crippen molar-refractivity contribution in [3.63, 3.8) is 0 Å². The van der Waals surface area contributed by atoms with Gasteiger partial charge in [0, 0.05) is 37.6 Å². The zero-order valence-corrected chi connectivity index (χ0v) is 15.4. The molecule has 4 rings (SSSR count). The minimum Gasteiger partial charge on any atom is -0.353 e. The number of carbonyl (C=O) groups excluding carboxylic acids is 2. The maximum absolute atomic E-state index is 12.6. The zero-order chi connectivity index (χ0) is 17.2. The lowest BCUT2D eigenvalue weighted by Gasteiger charge is -2.42. The first-order valence-electron chi connectivity index (χ1n) is 10.5. The highest BCUT2D eigenvalue weighted by atomic mass is 16.2. The summed E-state index contributed by atoms with van der Waals surface area (Å²) in [6.45, 7) is 3.86. The van der Waals surface area contributed by atoms with Crippen LogP contribution in [0.1, 0.15) is 64.2 Å². The topological polar surface area (TPSA) is 52.7 Å². The van der Waals surface area contributed by atoms with Gasteiger partial charge in [0.1, 0.15) is 0 Å². The molecule has 25 heavy (non-hydrogen) atoms. The van der Waals surface area contributed by atoms with E-state index in [9.17, 15) is 9.59 Å². The first-order chi connectivity index (χ1) is 12.2. The standard InChI is InChI=1S/C20H33N3O2/c24-19(21-17-5-1-2-6-17)16-4-3-11-23(14-16)18-9-12-22(13-10-18)20(25)15-7-8-15/h15-18H,1-14H2,(H,21,24)/t16-/m1/s1. The number of hydrogen-bond acceptors (Lipinski definition) is 3. The van der Waals surface area contributed by atoms with Crippen molar-refractivity contribution in [2.75, 3.05) is 26.2 Å². The summed E-state index contributed by atoms with van der Waals surface area (Å²) < 4.78 is 0. The van der Waals surface area contributed by atoms with Gasteiger partial charge in [-0.3, -0.25) is 14.5 Å². The van der Waals surface area contributed by atoms with Gasteiger partial charge in [0.25, 0.3) is 0 Å². The quantitative estimate of drug-likeness (QED) is 0.848. The number of rotatable bonds is 4. The third-order valence-electron chi connectivity index (χ3n) is 6.74. The number of piperidine rings is 2. The minimum atomic E-state index is 0.167. The average molecular weight is 348 g/mol. The van der Waals surface area contributed by atoms with Crippen LogP contribution in [0.2, 0.25) is 0 Å². The van der Waals surface area contributed by atoms with Crippen LogP contribution in [0, 0.1) is 11.8 Å². The van der Waals surface area contributed by atoms with Gasteiger partial charge in [0.15, 0.2) is 0 Å². The molecule has 2 amide bonds. The van der Waals surface area contributed by atoms with E-state index in [-0.39, 0.29) is 11.8 Å². The van der Waals surface area contributed by atoms with E-state index in [0.29, 0.717) is 23.9 Å². The fourth-order valence-electron chi connectivity index (χ4n) is 4.98. The highest BCUT2D eigenvalue weighted by molar-refractivity contribution is 5.81. The van der Waals surface area contributed by atoms with Gasteiger partial charge in [-0.25, -0.2) is 0 Å². The minimum absolute atomic E-state index is 0.167. The van der Waals surface area contributed by atoms with Crippen molar-refractivity contribution < 1.29 is 9.59 Å². The Morgan fingerprint density at radius 3 is 2.16 bits per heavy atom. The second kappa shape index (κ2) is 7.65. The molecule has 0 aromatic carbocycles. The van der Waals surface area contributed by atoms with Crippen LogP contribution in [-0.4, -0.2) is 59.9 Å². The van der Waals surface area contributed by atoms with Gasteiger partial charge < -0.3 is 10.2 Å². The maximum Gasteiger partial charge on any atom is 0.225 e. The Morgan fingerprint density at radius 2 is 1.48 bits per heavy atom. The second-order valence-corrected chi connectivity index (χ2v) is 8.65. The van der Waals surface area contributed by atoms with E-state index in [0.717, 1.165) is 77.5 Å². The third-order valence-corrected chi connectivity index (χ3v) is 6.74. The van der Waals surface area contributed by atoms with E-state index in [2.05, 4.69) is 15.1 Å². The molecule has 2 heterocycles. The molecule has 1 atom stereocenters. The van der Waals surface area contributed by atoms with Crippen molar-refractivity contribution in [3.8, 4) is 0 Å². The largest absolute Gasteiger partial charge is 0.353 e. The normalized spacial score (nSPS) is 29.8. The molecule has 0 aromatic heterocycles. The predicted molar refractivity (Wildman–Crippen MR) is 97.0 cm³/mol. The summed E-state index contributed by atoms with van der Waals surface area (Å²) in [6.07, 6.45) is 11.4. The van der Waals surface area contributed by atoms with Crippen LogP contribution < -0.4 is 5.32 Å². The van der Waals surface area contributed by atoms with E-state index in [1.54, 1.807) is 0 Å². The number of likely N-dealkylation sites (tertiary alicyclic amines) is 2. The zero-order valence-electron chi connectivity index (χ0n) is 15.4. The van der Waals surface area contributed by atoms with E-state index < -0.39 is 0 Å². The molecule has 0 spiro atoms. The molecule has 0 unspecified atom stereocenters. The molecule has 5 nitrogen and oxygen atoms in total. The number of carbonyl (C=O) groups is 2. The highest BCUT2D eigenvalue weighted by Crippen LogP contribution is 2.32. The molecular weight excluding hydrogens is 314 g/mol. The molecule has 2 saturated carbocycles. The van der Waals surface area contributed by atoms with Gasteiger partial charge in [-0.2, -0.15) is 0 Å². The molecule has 0 bridgehead atoms. The Morgan fingerprint density at radius 1 is 0.760 bits per heavy atom. The molecule has 4 fully saturated rings. The number of nitrogens with zero attached hydrogens (tertiary/aromatic N) is 2. The van der Waals surface area contributed by atoms with Crippen LogP contribution in [0.15, 0.2) is 0 Å². The number of amides is 2. The average Bonchev–Trinajstić information content (AvgIpc) is 3.39. The van der Waals surface area contributed by atoms with Gasteiger partial charge >= 0.3 is 0 Å². The van der Waals surface area contributed by atoms with Crippen molar-refractivity contribution in [1.82, 2.24) is 15.1 Å². The molecule has 2 aliphatic heterocycles. The SMILES string of the molecule is O=C(NC1CCCC1)[C@@H]1CCCN(C2CCN(C(=O)C3CC3)CC2)C1. The smallest absolute Gasteiger partial charge is 0.225 e. The molecule has 0 aromatic rings. The predicted octanol–water partition coefficient (Wildman–Crippen LogP) is 2.16. The van der Waals surface area contributed by atoms with Crippen LogP contribution in [-0.2, 0) is 9.59 Å². The van der Waals surface area contributed by atoms with Crippen LogP contribution in [0.3, 0.4) is 0 Å². The van der Waals surface area contributed by atoms with Gasteiger partial charge in [0.05, 0.1) is 5.92 Å². The Balaban J connectivity index is 1.25. The summed E-state index contributed by atoms with van der Waals surface area (Å²) in [5.41, 5.74) is 0. The summed E-state index contributed by atoms with van der Waals surface area (Å²) in [4.78, 5) is 29.5. The first kappa shape index (κ1) is 17.3. The summed E-state index contributed by atoms with van der Waals surface area (Å²) in [6, 6.07) is 0.991. The van der Waals surface area contributed by atoms with Crippen molar-refractivity contribution in [1.29, 1.82) is 0 Å². The van der Waals surface area contributed by atoms with Gasteiger partial charge in [-0.05, 0) is 57.9 Å². The summed E-state index contributed by atoms with van der Waals surface area (Å²) in [7, 11) is 0. The lowest BCUT2D eigenvalue weighted by atomic mass is 9.93. The van der Waals surface area contributed by atoms with Crippen molar-refractivity contribution in [2.45, 2.75) is 76.3 Å². The lowest BCUT2D eigenvalue weighted by molar-refractivity contribution is -0.134.